The number of hydrogen-bond acceptors (Lipinski definition) is 6. The van der Waals surface area contributed by atoms with Crippen LogP contribution >= 0.6 is 22.7 Å². The highest BCUT2D eigenvalue weighted by Gasteiger charge is 2.34. The average molecular weight is 361 g/mol. The maximum Gasteiger partial charge on any atom is 0.257 e. The van der Waals surface area contributed by atoms with Gasteiger partial charge in [-0.2, -0.15) is 16.4 Å². The van der Waals surface area contributed by atoms with Gasteiger partial charge in [0.15, 0.2) is 0 Å². The van der Waals surface area contributed by atoms with Crippen LogP contribution < -0.4 is 0 Å². The predicted octanol–water partition coefficient (Wildman–Crippen LogP) is 2.82. The zero-order chi connectivity index (χ0) is 16.4. The molecule has 0 saturated carbocycles. The van der Waals surface area contributed by atoms with Crippen molar-refractivity contribution in [2.24, 2.45) is 5.10 Å². The van der Waals surface area contributed by atoms with Crippen molar-refractivity contribution in [1.82, 2.24) is 9.91 Å². The smallest absolute Gasteiger partial charge is 0.257 e. The van der Waals surface area contributed by atoms with Gasteiger partial charge in [-0.15, -0.1) is 11.3 Å². The number of hydrogen-bond donors (Lipinski definition) is 0. The van der Waals surface area contributed by atoms with Crippen molar-refractivity contribution in [2.45, 2.75) is 12.5 Å². The van der Waals surface area contributed by atoms with Gasteiger partial charge in [-0.3, -0.25) is 9.69 Å². The third-order valence-electron chi connectivity index (χ3n) is 4.36. The summed E-state index contributed by atoms with van der Waals surface area (Å²) in [6.07, 6.45) is 0.784. The third-order valence-corrected chi connectivity index (χ3v) is 5.98. The molecule has 24 heavy (non-hydrogen) atoms. The fourth-order valence-electron chi connectivity index (χ4n) is 3.08. The van der Waals surface area contributed by atoms with Gasteiger partial charge in [0.2, 0.25) is 0 Å². The SMILES string of the molecule is O=C(CN1CCOCC1)N1N=C(c2cccs2)CC1c1ccsc1. The topological polar surface area (TPSA) is 45.1 Å². The molecule has 7 heteroatoms. The van der Waals surface area contributed by atoms with E-state index in [2.05, 4.69) is 33.2 Å². The molecule has 1 fully saturated rings. The summed E-state index contributed by atoms with van der Waals surface area (Å²) >= 11 is 3.34. The molecule has 0 aliphatic carbocycles. The largest absolute Gasteiger partial charge is 0.379 e. The molecule has 1 amide bonds. The first-order chi connectivity index (χ1) is 11.8. The quantitative estimate of drug-likeness (QED) is 0.841. The third kappa shape index (κ3) is 3.30. The lowest BCUT2D eigenvalue weighted by atomic mass is 10.0. The van der Waals surface area contributed by atoms with Crippen molar-refractivity contribution < 1.29 is 9.53 Å². The van der Waals surface area contributed by atoms with Crippen molar-refractivity contribution in [3.63, 3.8) is 0 Å². The molecule has 126 valence electrons. The van der Waals surface area contributed by atoms with E-state index in [0.29, 0.717) is 19.8 Å². The molecule has 2 aromatic heterocycles. The van der Waals surface area contributed by atoms with E-state index in [0.717, 1.165) is 30.1 Å². The van der Waals surface area contributed by atoms with E-state index in [9.17, 15) is 4.79 Å². The van der Waals surface area contributed by atoms with E-state index in [-0.39, 0.29) is 11.9 Å². The van der Waals surface area contributed by atoms with Crippen LogP contribution in [0.25, 0.3) is 0 Å². The molecule has 0 spiro atoms. The fraction of sp³-hybridized carbons (Fsp3) is 0.412. The molecule has 0 aromatic carbocycles. The van der Waals surface area contributed by atoms with Crippen molar-refractivity contribution >= 4 is 34.3 Å². The first-order valence-electron chi connectivity index (χ1n) is 8.07. The maximum atomic E-state index is 12.9. The van der Waals surface area contributed by atoms with Gasteiger partial charge in [0, 0.05) is 19.5 Å². The number of morpholine rings is 1. The number of nitrogens with zero attached hydrogens (tertiary/aromatic N) is 3. The lowest BCUT2D eigenvalue weighted by Crippen LogP contribution is -2.43. The summed E-state index contributed by atoms with van der Waals surface area (Å²) in [4.78, 5) is 16.2. The van der Waals surface area contributed by atoms with Gasteiger partial charge in [-0.05, 0) is 33.8 Å². The second kappa shape index (κ2) is 7.14. The zero-order valence-corrected chi connectivity index (χ0v) is 14.9. The van der Waals surface area contributed by atoms with Gasteiger partial charge in [-0.1, -0.05) is 6.07 Å². The van der Waals surface area contributed by atoms with Crippen LogP contribution in [0.4, 0.5) is 0 Å². The summed E-state index contributed by atoms with van der Waals surface area (Å²) in [5.41, 5.74) is 2.18. The molecule has 1 saturated heterocycles. The molecule has 0 bridgehead atoms. The van der Waals surface area contributed by atoms with Crippen molar-refractivity contribution in [3.8, 4) is 0 Å². The molecule has 2 aliphatic rings. The van der Waals surface area contributed by atoms with Crippen LogP contribution in [0.15, 0.2) is 39.4 Å². The average Bonchev–Trinajstić information content (AvgIpc) is 3.35. The summed E-state index contributed by atoms with van der Waals surface area (Å²) in [6.45, 7) is 3.43. The molecule has 4 heterocycles. The maximum absolute atomic E-state index is 12.9. The molecule has 0 N–H and O–H groups in total. The van der Waals surface area contributed by atoms with E-state index in [1.54, 1.807) is 27.7 Å². The Hall–Kier alpha value is -1.54. The molecular weight excluding hydrogens is 342 g/mol. The van der Waals surface area contributed by atoms with Crippen molar-refractivity contribution in [3.05, 3.63) is 44.8 Å². The molecule has 5 nitrogen and oxygen atoms in total. The minimum atomic E-state index is 0.0156. The van der Waals surface area contributed by atoms with Crippen molar-refractivity contribution in [1.29, 1.82) is 0 Å². The van der Waals surface area contributed by atoms with E-state index in [1.165, 1.54) is 5.56 Å². The summed E-state index contributed by atoms with van der Waals surface area (Å²) in [6, 6.07) is 6.21. The fourth-order valence-corrected chi connectivity index (χ4v) is 4.51. The van der Waals surface area contributed by atoms with E-state index in [1.807, 2.05) is 6.07 Å². The zero-order valence-electron chi connectivity index (χ0n) is 13.3. The van der Waals surface area contributed by atoms with Crippen LogP contribution in [-0.4, -0.2) is 54.4 Å². The second-order valence-corrected chi connectivity index (χ2v) is 7.66. The lowest BCUT2D eigenvalue weighted by molar-refractivity contribution is -0.135. The number of carbonyl (C=O) groups is 1. The highest BCUT2D eigenvalue weighted by Crippen LogP contribution is 2.34. The van der Waals surface area contributed by atoms with Crippen LogP contribution in [0, 0.1) is 0 Å². The van der Waals surface area contributed by atoms with Gasteiger partial charge in [0.25, 0.3) is 5.91 Å². The number of rotatable bonds is 4. The first-order valence-corrected chi connectivity index (χ1v) is 9.89. The van der Waals surface area contributed by atoms with Gasteiger partial charge in [0.1, 0.15) is 0 Å². The summed E-state index contributed by atoms with van der Waals surface area (Å²) < 4.78 is 5.36. The van der Waals surface area contributed by atoms with Crippen LogP contribution in [0.2, 0.25) is 0 Å². The molecule has 1 atom stereocenters. The number of amides is 1. The van der Waals surface area contributed by atoms with Gasteiger partial charge in [0.05, 0.1) is 36.4 Å². The minimum Gasteiger partial charge on any atom is -0.379 e. The van der Waals surface area contributed by atoms with Crippen LogP contribution in [-0.2, 0) is 9.53 Å². The Morgan fingerprint density at radius 3 is 2.88 bits per heavy atom. The van der Waals surface area contributed by atoms with Gasteiger partial charge < -0.3 is 4.74 Å². The van der Waals surface area contributed by atoms with Crippen molar-refractivity contribution in [2.75, 3.05) is 32.8 Å². The predicted molar refractivity (Wildman–Crippen MR) is 96.6 cm³/mol. The first kappa shape index (κ1) is 16.0. The van der Waals surface area contributed by atoms with Crippen LogP contribution in [0.3, 0.4) is 0 Å². The molecule has 2 aromatic rings. The summed E-state index contributed by atoms with van der Waals surface area (Å²) in [7, 11) is 0. The Balaban J connectivity index is 1.55. The Morgan fingerprint density at radius 2 is 2.17 bits per heavy atom. The van der Waals surface area contributed by atoms with Gasteiger partial charge in [-0.25, -0.2) is 5.01 Å². The Kier molecular flexibility index (Phi) is 4.75. The molecule has 0 radical (unpaired) electrons. The Labute approximate surface area is 149 Å². The Bertz CT molecular complexity index is 706. The van der Waals surface area contributed by atoms with Gasteiger partial charge >= 0.3 is 0 Å². The molecular formula is C17H19N3O2S2. The monoisotopic (exact) mass is 361 g/mol. The number of thiophene rings is 2. The van der Waals surface area contributed by atoms with E-state index < -0.39 is 0 Å². The highest BCUT2D eigenvalue weighted by atomic mass is 32.1. The molecule has 4 rings (SSSR count). The normalized spacial score (nSPS) is 21.9. The lowest BCUT2D eigenvalue weighted by Gasteiger charge is -2.28. The van der Waals surface area contributed by atoms with E-state index in [4.69, 9.17) is 9.84 Å². The Morgan fingerprint density at radius 1 is 1.29 bits per heavy atom. The number of ether oxygens (including phenoxy) is 1. The van der Waals surface area contributed by atoms with E-state index >= 15 is 0 Å². The standard InChI is InChI=1S/C17H19N3O2S2/c21-17(11-19-4-6-22-7-5-19)20-15(13-3-9-23-12-13)10-14(18-20)16-2-1-8-24-16/h1-3,8-9,12,15H,4-7,10-11H2. The number of carbonyl (C=O) groups excluding carboxylic acids is 1. The van der Waals surface area contributed by atoms with Crippen LogP contribution in [0.1, 0.15) is 22.9 Å². The summed E-state index contributed by atoms with van der Waals surface area (Å²) in [5, 5.41) is 12.6. The molecule has 1 unspecified atom stereocenters. The highest BCUT2D eigenvalue weighted by molar-refractivity contribution is 7.12. The van der Waals surface area contributed by atoms with Crippen LogP contribution in [0.5, 0.6) is 0 Å². The summed E-state index contributed by atoms with van der Waals surface area (Å²) in [5.74, 6) is 0.0691. The second-order valence-electron chi connectivity index (χ2n) is 5.93. The minimum absolute atomic E-state index is 0.0156. The molecule has 2 aliphatic heterocycles. The number of hydrazone groups is 1.